The highest BCUT2D eigenvalue weighted by atomic mass is 14.9. The summed E-state index contributed by atoms with van der Waals surface area (Å²) in [5, 5.41) is 6.00. The van der Waals surface area contributed by atoms with E-state index in [4.69, 9.17) is 5.73 Å². The zero-order valence-corrected chi connectivity index (χ0v) is 13.0. The average molecular weight is 283 g/mol. The number of anilines is 2. The molecule has 21 heavy (non-hydrogen) atoms. The number of nitrogens with zero attached hydrogens (tertiary/aromatic N) is 1. The van der Waals surface area contributed by atoms with Gasteiger partial charge in [0.05, 0.1) is 0 Å². The van der Waals surface area contributed by atoms with E-state index in [1.165, 1.54) is 43.2 Å². The van der Waals surface area contributed by atoms with Gasteiger partial charge in [-0.15, -0.1) is 0 Å². The fourth-order valence-electron chi connectivity index (χ4n) is 3.50. The Balaban J connectivity index is 1.90. The van der Waals surface area contributed by atoms with Crippen LogP contribution < -0.4 is 11.1 Å². The SMILES string of the molecule is CCC1CCCC(Nc2ccc(N)c3cnc(C)cc23)C1. The molecule has 3 nitrogen and oxygen atoms in total. The van der Waals surface area contributed by atoms with E-state index in [1.807, 2.05) is 19.2 Å². The van der Waals surface area contributed by atoms with Crippen molar-refractivity contribution in [1.82, 2.24) is 4.98 Å². The molecule has 0 aliphatic heterocycles. The molecule has 2 atom stereocenters. The van der Waals surface area contributed by atoms with Crippen LogP contribution in [-0.4, -0.2) is 11.0 Å². The van der Waals surface area contributed by atoms with Crippen LogP contribution >= 0.6 is 0 Å². The molecule has 1 aliphatic carbocycles. The topological polar surface area (TPSA) is 50.9 Å². The monoisotopic (exact) mass is 283 g/mol. The van der Waals surface area contributed by atoms with Crippen LogP contribution in [0.3, 0.4) is 0 Å². The number of nitrogens with two attached hydrogens (primary N) is 1. The van der Waals surface area contributed by atoms with Crippen LogP contribution in [0.1, 0.15) is 44.7 Å². The van der Waals surface area contributed by atoms with Crippen LogP contribution in [0.5, 0.6) is 0 Å². The fourth-order valence-corrected chi connectivity index (χ4v) is 3.50. The van der Waals surface area contributed by atoms with Crippen molar-refractivity contribution in [1.29, 1.82) is 0 Å². The molecule has 3 rings (SSSR count). The van der Waals surface area contributed by atoms with E-state index < -0.39 is 0 Å². The van der Waals surface area contributed by atoms with Crippen LogP contribution in [0.2, 0.25) is 0 Å². The summed E-state index contributed by atoms with van der Waals surface area (Å²) in [6.45, 7) is 4.33. The van der Waals surface area contributed by atoms with Gasteiger partial charge in [-0.25, -0.2) is 0 Å². The maximum atomic E-state index is 6.08. The molecule has 1 aromatic carbocycles. The number of aryl methyl sites for hydroxylation is 1. The Morgan fingerprint density at radius 1 is 1.29 bits per heavy atom. The molecule has 1 fully saturated rings. The minimum Gasteiger partial charge on any atom is -0.398 e. The van der Waals surface area contributed by atoms with Gasteiger partial charge in [-0.3, -0.25) is 4.98 Å². The number of benzene rings is 1. The van der Waals surface area contributed by atoms with Gasteiger partial charge < -0.3 is 11.1 Å². The van der Waals surface area contributed by atoms with E-state index in [-0.39, 0.29) is 0 Å². The van der Waals surface area contributed by atoms with Gasteiger partial charge in [0.1, 0.15) is 0 Å². The molecule has 1 saturated carbocycles. The normalized spacial score (nSPS) is 22.4. The minimum absolute atomic E-state index is 0.587. The van der Waals surface area contributed by atoms with E-state index in [9.17, 15) is 0 Å². The lowest BCUT2D eigenvalue weighted by Crippen LogP contribution is -2.27. The summed E-state index contributed by atoms with van der Waals surface area (Å²) in [6.07, 6.45) is 8.47. The van der Waals surface area contributed by atoms with Crippen LogP contribution in [-0.2, 0) is 0 Å². The van der Waals surface area contributed by atoms with Crippen molar-refractivity contribution < 1.29 is 0 Å². The second-order valence-electron chi connectivity index (χ2n) is 6.36. The van der Waals surface area contributed by atoms with Crippen LogP contribution in [0.25, 0.3) is 10.8 Å². The second-order valence-corrected chi connectivity index (χ2v) is 6.36. The third-order valence-electron chi connectivity index (χ3n) is 4.79. The molecule has 3 heteroatoms. The van der Waals surface area contributed by atoms with Crippen molar-refractivity contribution in [2.75, 3.05) is 11.1 Å². The molecule has 0 spiro atoms. The summed E-state index contributed by atoms with van der Waals surface area (Å²) in [5.41, 5.74) is 9.12. The lowest BCUT2D eigenvalue weighted by Gasteiger charge is -2.30. The molecule has 2 unspecified atom stereocenters. The number of hydrogen-bond acceptors (Lipinski definition) is 3. The number of aromatic nitrogens is 1. The maximum absolute atomic E-state index is 6.08. The predicted molar refractivity (Wildman–Crippen MR) is 90.6 cm³/mol. The van der Waals surface area contributed by atoms with Gasteiger partial charge in [0.15, 0.2) is 0 Å². The lowest BCUT2D eigenvalue weighted by atomic mass is 9.84. The number of fused-ring (bicyclic) bond motifs is 1. The first-order chi connectivity index (χ1) is 10.2. The quantitative estimate of drug-likeness (QED) is 0.815. The Hall–Kier alpha value is -1.77. The standard InChI is InChI=1S/C18H25N3/c1-3-13-5-4-6-14(10-13)21-18-8-7-17(19)16-11-20-12(2)9-15(16)18/h7-9,11,13-14,21H,3-6,10,19H2,1-2H3. The molecule has 1 heterocycles. The van der Waals surface area contributed by atoms with Gasteiger partial charge in [-0.2, -0.15) is 0 Å². The first kappa shape index (κ1) is 14.2. The van der Waals surface area contributed by atoms with Gasteiger partial charge in [0, 0.05) is 40.1 Å². The summed E-state index contributed by atoms with van der Waals surface area (Å²) in [4.78, 5) is 4.37. The molecular weight excluding hydrogens is 258 g/mol. The molecule has 1 aromatic heterocycles. The van der Waals surface area contributed by atoms with Crippen LogP contribution in [0, 0.1) is 12.8 Å². The molecule has 0 bridgehead atoms. The Kier molecular flexibility index (Phi) is 4.00. The molecule has 0 radical (unpaired) electrons. The summed E-state index contributed by atoms with van der Waals surface area (Å²) >= 11 is 0. The third kappa shape index (κ3) is 2.97. The number of nitrogens with one attached hydrogen (secondary N) is 1. The van der Waals surface area contributed by atoms with Gasteiger partial charge >= 0.3 is 0 Å². The smallest absolute Gasteiger partial charge is 0.0424 e. The Morgan fingerprint density at radius 2 is 2.14 bits per heavy atom. The van der Waals surface area contributed by atoms with E-state index in [0.717, 1.165) is 22.7 Å². The van der Waals surface area contributed by atoms with Crippen LogP contribution in [0.15, 0.2) is 24.4 Å². The summed E-state index contributed by atoms with van der Waals surface area (Å²) < 4.78 is 0. The summed E-state index contributed by atoms with van der Waals surface area (Å²) in [6, 6.07) is 6.83. The number of pyridine rings is 1. The first-order valence-corrected chi connectivity index (χ1v) is 8.08. The number of rotatable bonds is 3. The molecule has 3 N–H and O–H groups in total. The molecular formula is C18H25N3. The Morgan fingerprint density at radius 3 is 2.95 bits per heavy atom. The van der Waals surface area contributed by atoms with E-state index in [0.29, 0.717) is 6.04 Å². The highest BCUT2D eigenvalue weighted by Crippen LogP contribution is 2.33. The lowest BCUT2D eigenvalue weighted by molar-refractivity contribution is 0.327. The second kappa shape index (κ2) is 5.92. The minimum atomic E-state index is 0.587. The summed E-state index contributed by atoms with van der Waals surface area (Å²) in [5.74, 6) is 0.875. The fraction of sp³-hybridized carbons (Fsp3) is 0.500. The maximum Gasteiger partial charge on any atom is 0.0424 e. The first-order valence-electron chi connectivity index (χ1n) is 8.08. The molecule has 1 aliphatic rings. The third-order valence-corrected chi connectivity index (χ3v) is 4.79. The van der Waals surface area contributed by atoms with Crippen molar-refractivity contribution in [3.8, 4) is 0 Å². The van der Waals surface area contributed by atoms with Gasteiger partial charge in [0.25, 0.3) is 0 Å². The summed E-state index contributed by atoms with van der Waals surface area (Å²) in [7, 11) is 0. The molecule has 0 saturated heterocycles. The van der Waals surface area contributed by atoms with E-state index in [1.54, 1.807) is 0 Å². The average Bonchev–Trinajstić information content (AvgIpc) is 2.50. The van der Waals surface area contributed by atoms with Crippen molar-refractivity contribution in [3.05, 3.63) is 30.1 Å². The van der Waals surface area contributed by atoms with E-state index >= 15 is 0 Å². The van der Waals surface area contributed by atoms with Crippen molar-refractivity contribution in [3.63, 3.8) is 0 Å². The Labute approximate surface area is 127 Å². The molecule has 2 aromatic rings. The van der Waals surface area contributed by atoms with Gasteiger partial charge in [-0.05, 0) is 43.9 Å². The highest BCUT2D eigenvalue weighted by Gasteiger charge is 2.21. The number of nitrogen functional groups attached to an aromatic ring is 1. The zero-order valence-electron chi connectivity index (χ0n) is 13.0. The predicted octanol–water partition coefficient (Wildman–Crippen LogP) is 4.51. The largest absolute Gasteiger partial charge is 0.398 e. The van der Waals surface area contributed by atoms with Crippen LogP contribution in [0.4, 0.5) is 11.4 Å². The van der Waals surface area contributed by atoms with E-state index in [2.05, 4.69) is 29.4 Å². The van der Waals surface area contributed by atoms with Crippen molar-refractivity contribution >= 4 is 22.1 Å². The molecule has 0 amide bonds. The van der Waals surface area contributed by atoms with Crippen molar-refractivity contribution in [2.45, 2.75) is 52.0 Å². The van der Waals surface area contributed by atoms with Crippen molar-refractivity contribution in [2.24, 2.45) is 5.92 Å². The zero-order chi connectivity index (χ0) is 14.8. The van der Waals surface area contributed by atoms with Gasteiger partial charge in [0.2, 0.25) is 0 Å². The highest BCUT2D eigenvalue weighted by molar-refractivity contribution is 6.00. The number of hydrogen-bond donors (Lipinski definition) is 2. The Bertz CT molecular complexity index is 636. The van der Waals surface area contributed by atoms with Gasteiger partial charge in [-0.1, -0.05) is 26.2 Å². The molecule has 112 valence electrons.